The van der Waals surface area contributed by atoms with Crippen molar-refractivity contribution in [1.82, 2.24) is 4.90 Å². The number of carbonyl (C=O) groups is 1. The number of nitrogens with two attached hydrogens (primary N) is 1. The van der Waals surface area contributed by atoms with Crippen molar-refractivity contribution in [1.29, 1.82) is 0 Å². The van der Waals surface area contributed by atoms with Crippen LogP contribution in [0.15, 0.2) is 18.2 Å². The molecule has 1 amide bonds. The summed E-state index contributed by atoms with van der Waals surface area (Å²) in [4.78, 5) is 23.3. The summed E-state index contributed by atoms with van der Waals surface area (Å²) < 4.78 is 13.2. The van der Waals surface area contributed by atoms with Gasteiger partial charge in [-0.05, 0) is 12.5 Å². The first kappa shape index (κ1) is 15.3. The molecule has 8 heteroatoms. The van der Waals surface area contributed by atoms with Crippen molar-refractivity contribution in [3.05, 3.63) is 39.7 Å². The summed E-state index contributed by atoms with van der Waals surface area (Å²) in [6, 6.07) is 2.78. The molecule has 1 aromatic carbocycles. The Morgan fingerprint density at radius 2 is 2.16 bits per heavy atom. The molecule has 0 saturated carbocycles. The third-order valence-corrected chi connectivity index (χ3v) is 2.85. The summed E-state index contributed by atoms with van der Waals surface area (Å²) in [6.07, 6.45) is 0.684. The van der Waals surface area contributed by atoms with Crippen molar-refractivity contribution < 1.29 is 14.1 Å². The largest absolute Gasteiger partial charge is 0.337 e. The van der Waals surface area contributed by atoms with E-state index in [1.165, 1.54) is 4.90 Å². The van der Waals surface area contributed by atoms with Crippen LogP contribution < -0.4 is 5.73 Å². The predicted molar refractivity (Wildman–Crippen MR) is 68.8 cm³/mol. The molecule has 104 valence electrons. The second-order valence-electron chi connectivity index (χ2n) is 4.26. The summed E-state index contributed by atoms with van der Waals surface area (Å²) in [6.45, 7) is 0.882. The van der Waals surface area contributed by atoms with Gasteiger partial charge < -0.3 is 10.6 Å². The molecule has 1 fully saturated rings. The minimum Gasteiger partial charge on any atom is -0.337 e. The quantitative estimate of drug-likeness (QED) is 0.657. The molecule has 2 rings (SSSR count). The number of amides is 1. The highest BCUT2D eigenvalue weighted by molar-refractivity contribution is 5.95. The first-order chi connectivity index (χ1) is 8.47. The molecule has 0 aliphatic carbocycles. The number of carbonyl (C=O) groups excluding carboxylic acids is 1. The van der Waals surface area contributed by atoms with E-state index < -0.39 is 22.3 Å². The molecule has 1 heterocycles. The number of benzene rings is 1. The number of nitro benzene ring substituents is 1. The van der Waals surface area contributed by atoms with E-state index in [-0.39, 0.29) is 24.0 Å². The number of halogens is 2. The number of hydrogen-bond acceptors (Lipinski definition) is 4. The van der Waals surface area contributed by atoms with Crippen molar-refractivity contribution in [2.24, 2.45) is 5.73 Å². The highest BCUT2D eigenvalue weighted by atomic mass is 35.5. The number of rotatable bonds is 2. The molecule has 0 aromatic heterocycles. The molecular formula is C11H13ClFN3O3. The third-order valence-electron chi connectivity index (χ3n) is 2.85. The lowest BCUT2D eigenvalue weighted by atomic mass is 10.1. The van der Waals surface area contributed by atoms with Gasteiger partial charge in [0.25, 0.3) is 11.6 Å². The molecule has 6 nitrogen and oxygen atoms in total. The van der Waals surface area contributed by atoms with Crippen LogP contribution in [-0.2, 0) is 0 Å². The molecule has 1 aromatic rings. The molecule has 19 heavy (non-hydrogen) atoms. The van der Waals surface area contributed by atoms with E-state index in [1.807, 2.05) is 0 Å². The van der Waals surface area contributed by atoms with Gasteiger partial charge in [0.1, 0.15) is 5.82 Å². The summed E-state index contributed by atoms with van der Waals surface area (Å²) in [5, 5.41) is 10.6. The van der Waals surface area contributed by atoms with Gasteiger partial charge in [0.15, 0.2) is 0 Å². The van der Waals surface area contributed by atoms with Gasteiger partial charge in [-0.3, -0.25) is 14.9 Å². The average molecular weight is 290 g/mol. The fraction of sp³-hybridized carbons (Fsp3) is 0.364. The van der Waals surface area contributed by atoms with Crippen molar-refractivity contribution >= 4 is 24.0 Å². The third kappa shape index (κ3) is 3.39. The van der Waals surface area contributed by atoms with Gasteiger partial charge in [-0.25, -0.2) is 4.39 Å². The average Bonchev–Trinajstić information content (AvgIpc) is 2.74. The standard InChI is InChI=1S/C11H12FN3O3.ClH/c12-8-3-7(4-10(5-8)15(17)18)11(16)14-2-1-9(13)6-14;/h3-5,9H,1-2,6,13H2;1H. The summed E-state index contributed by atoms with van der Waals surface area (Å²) in [5.74, 6) is -1.22. The second-order valence-corrected chi connectivity index (χ2v) is 4.26. The van der Waals surface area contributed by atoms with Crippen LogP contribution in [0.25, 0.3) is 0 Å². The number of non-ortho nitro benzene ring substituents is 1. The molecule has 0 spiro atoms. The van der Waals surface area contributed by atoms with Crippen molar-refractivity contribution in [3.8, 4) is 0 Å². The first-order valence-corrected chi connectivity index (χ1v) is 5.47. The molecule has 1 atom stereocenters. The number of likely N-dealkylation sites (tertiary alicyclic amines) is 1. The number of nitrogens with zero attached hydrogens (tertiary/aromatic N) is 2. The Bertz CT molecular complexity index is 512. The van der Waals surface area contributed by atoms with Crippen molar-refractivity contribution in [3.63, 3.8) is 0 Å². The van der Waals surface area contributed by atoms with Gasteiger partial charge in [0.2, 0.25) is 0 Å². The van der Waals surface area contributed by atoms with E-state index in [4.69, 9.17) is 5.73 Å². The van der Waals surface area contributed by atoms with Crippen LogP contribution >= 0.6 is 12.4 Å². The SMILES string of the molecule is Cl.NC1CCN(C(=O)c2cc(F)cc([N+](=O)[O-])c2)C1. The van der Waals surface area contributed by atoms with Crippen molar-refractivity contribution in [2.75, 3.05) is 13.1 Å². The van der Waals surface area contributed by atoms with E-state index in [0.717, 1.165) is 18.2 Å². The Hall–Kier alpha value is -1.73. The van der Waals surface area contributed by atoms with E-state index in [9.17, 15) is 19.3 Å². The Kier molecular flexibility index (Phi) is 4.79. The lowest BCUT2D eigenvalue weighted by Crippen LogP contribution is -2.31. The Morgan fingerprint density at radius 3 is 2.68 bits per heavy atom. The maximum absolute atomic E-state index is 13.2. The minimum absolute atomic E-state index is 0. The first-order valence-electron chi connectivity index (χ1n) is 5.47. The zero-order chi connectivity index (χ0) is 13.3. The summed E-state index contributed by atoms with van der Waals surface area (Å²) in [5.41, 5.74) is 5.23. The van der Waals surface area contributed by atoms with E-state index >= 15 is 0 Å². The topological polar surface area (TPSA) is 89.5 Å². The van der Waals surface area contributed by atoms with Crippen molar-refractivity contribution in [2.45, 2.75) is 12.5 Å². The van der Waals surface area contributed by atoms with Crippen LogP contribution in [0, 0.1) is 15.9 Å². The normalized spacial score (nSPS) is 18.0. The van der Waals surface area contributed by atoms with E-state index in [2.05, 4.69) is 0 Å². The smallest absolute Gasteiger partial charge is 0.273 e. The molecule has 1 aliphatic rings. The molecule has 0 bridgehead atoms. The van der Waals surface area contributed by atoms with Crippen LogP contribution in [0.2, 0.25) is 0 Å². The maximum atomic E-state index is 13.2. The van der Waals surface area contributed by atoms with E-state index in [1.54, 1.807) is 0 Å². The lowest BCUT2D eigenvalue weighted by molar-refractivity contribution is -0.385. The van der Waals surface area contributed by atoms with Crippen LogP contribution in [-0.4, -0.2) is 34.9 Å². The van der Waals surface area contributed by atoms with Gasteiger partial charge >= 0.3 is 0 Å². The second kappa shape index (κ2) is 5.94. The molecule has 1 saturated heterocycles. The predicted octanol–water partition coefficient (Wildman–Crippen LogP) is 1.33. The van der Waals surface area contributed by atoms with Gasteiger partial charge in [-0.2, -0.15) is 0 Å². The Labute approximate surface area is 114 Å². The summed E-state index contributed by atoms with van der Waals surface area (Å²) >= 11 is 0. The molecular weight excluding hydrogens is 277 g/mol. The zero-order valence-corrected chi connectivity index (χ0v) is 10.7. The molecule has 2 N–H and O–H groups in total. The van der Waals surface area contributed by atoms with Gasteiger partial charge in [-0.1, -0.05) is 0 Å². The number of hydrogen-bond donors (Lipinski definition) is 1. The van der Waals surface area contributed by atoms with Gasteiger partial charge in [0, 0.05) is 30.8 Å². The van der Waals surface area contributed by atoms with Gasteiger partial charge in [0.05, 0.1) is 11.0 Å². The highest BCUT2D eigenvalue weighted by Gasteiger charge is 2.26. The molecule has 1 unspecified atom stereocenters. The fourth-order valence-corrected chi connectivity index (χ4v) is 1.96. The maximum Gasteiger partial charge on any atom is 0.273 e. The van der Waals surface area contributed by atoms with Crippen LogP contribution in [0.5, 0.6) is 0 Å². The van der Waals surface area contributed by atoms with E-state index in [0.29, 0.717) is 19.5 Å². The van der Waals surface area contributed by atoms with Gasteiger partial charge in [-0.15, -0.1) is 12.4 Å². The minimum atomic E-state index is -0.795. The fourth-order valence-electron chi connectivity index (χ4n) is 1.96. The summed E-state index contributed by atoms with van der Waals surface area (Å²) in [7, 11) is 0. The Balaban J connectivity index is 0.00000180. The molecule has 1 aliphatic heterocycles. The Morgan fingerprint density at radius 1 is 1.47 bits per heavy atom. The van der Waals surface area contributed by atoms with Crippen LogP contribution in [0.4, 0.5) is 10.1 Å². The monoisotopic (exact) mass is 289 g/mol. The van der Waals surface area contributed by atoms with Crippen LogP contribution in [0.3, 0.4) is 0 Å². The zero-order valence-electron chi connectivity index (χ0n) is 9.91. The molecule has 0 radical (unpaired) electrons. The lowest BCUT2D eigenvalue weighted by Gasteiger charge is -2.15. The van der Waals surface area contributed by atoms with Crippen LogP contribution in [0.1, 0.15) is 16.8 Å². The highest BCUT2D eigenvalue weighted by Crippen LogP contribution is 2.19. The number of nitro groups is 1.